The molecule has 0 N–H and O–H groups in total. The van der Waals surface area contributed by atoms with Crippen molar-refractivity contribution in [1.82, 2.24) is 14.7 Å². The van der Waals surface area contributed by atoms with Crippen molar-refractivity contribution >= 4 is 5.91 Å². The Kier molecular flexibility index (Phi) is 4.79. The van der Waals surface area contributed by atoms with Crippen LogP contribution in [0.15, 0.2) is 0 Å². The maximum atomic E-state index is 12.4. The second-order valence-electron chi connectivity index (χ2n) is 7.60. The van der Waals surface area contributed by atoms with Crippen LogP contribution in [0.5, 0.6) is 0 Å². The largest absolute Gasteiger partial charge is 0.381 e. The molecular formula is C17H29N3O4. The summed E-state index contributed by atoms with van der Waals surface area (Å²) in [5.41, 5.74) is 0.106. The smallest absolute Gasteiger partial charge is 0.248 e. The third-order valence-corrected chi connectivity index (χ3v) is 6.08. The van der Waals surface area contributed by atoms with Crippen molar-refractivity contribution in [2.45, 2.75) is 30.5 Å². The first-order valence-electron chi connectivity index (χ1n) is 9.15. The lowest BCUT2D eigenvalue weighted by Crippen LogP contribution is -2.82. The summed E-state index contributed by atoms with van der Waals surface area (Å²) in [7, 11) is 1.59. The second-order valence-corrected chi connectivity index (χ2v) is 7.60. The number of carbonyl (C=O) groups is 1. The molecular weight excluding hydrogens is 310 g/mol. The Bertz CT molecular complexity index is 463. The molecule has 0 aliphatic carbocycles. The number of methoxy groups -OCH3 is 1. The van der Waals surface area contributed by atoms with Crippen LogP contribution in [0.25, 0.3) is 0 Å². The van der Waals surface area contributed by atoms with Crippen molar-refractivity contribution in [1.29, 1.82) is 0 Å². The summed E-state index contributed by atoms with van der Waals surface area (Å²) in [5.74, 6) is 0.103. The zero-order valence-corrected chi connectivity index (χ0v) is 14.6. The van der Waals surface area contributed by atoms with Gasteiger partial charge in [0.25, 0.3) is 0 Å². The van der Waals surface area contributed by atoms with Crippen molar-refractivity contribution < 1.29 is 19.0 Å². The molecule has 0 aromatic heterocycles. The molecule has 1 spiro atoms. The van der Waals surface area contributed by atoms with E-state index >= 15 is 0 Å². The van der Waals surface area contributed by atoms with Gasteiger partial charge in [0.15, 0.2) is 0 Å². The van der Waals surface area contributed by atoms with Gasteiger partial charge in [-0.2, -0.15) is 0 Å². The zero-order chi connectivity index (χ0) is 16.6. The minimum absolute atomic E-state index is 0.103. The van der Waals surface area contributed by atoms with Gasteiger partial charge in [0.05, 0.1) is 24.8 Å². The average molecular weight is 339 g/mol. The van der Waals surface area contributed by atoms with Crippen LogP contribution in [-0.2, 0) is 19.0 Å². The average Bonchev–Trinajstić information content (AvgIpc) is 2.59. The molecule has 0 aromatic carbocycles. The number of hydrogen-bond acceptors (Lipinski definition) is 6. The molecule has 7 heteroatoms. The number of carbonyl (C=O) groups excluding carboxylic acids is 1. The molecule has 0 saturated carbocycles. The van der Waals surface area contributed by atoms with E-state index in [1.54, 1.807) is 7.11 Å². The number of fused-ring (bicyclic) bond motifs is 2. The monoisotopic (exact) mass is 339 g/mol. The number of morpholine rings is 1. The quantitative estimate of drug-likeness (QED) is 0.685. The maximum Gasteiger partial charge on any atom is 0.248 e. The molecule has 1 atom stereocenters. The first kappa shape index (κ1) is 16.7. The number of rotatable bonds is 3. The van der Waals surface area contributed by atoms with Crippen molar-refractivity contribution in [3.8, 4) is 0 Å². The molecule has 4 rings (SSSR count). The van der Waals surface area contributed by atoms with E-state index in [0.29, 0.717) is 12.1 Å². The van der Waals surface area contributed by atoms with E-state index in [0.717, 1.165) is 72.0 Å². The Morgan fingerprint density at radius 3 is 2.67 bits per heavy atom. The lowest BCUT2D eigenvalue weighted by Gasteiger charge is -2.64. The van der Waals surface area contributed by atoms with Crippen molar-refractivity contribution in [3.05, 3.63) is 0 Å². The third kappa shape index (κ3) is 2.97. The summed E-state index contributed by atoms with van der Waals surface area (Å²) in [6.07, 6.45) is 2.27. The van der Waals surface area contributed by atoms with Gasteiger partial charge in [0.2, 0.25) is 5.91 Å². The van der Waals surface area contributed by atoms with Crippen LogP contribution in [0.1, 0.15) is 12.8 Å². The Morgan fingerprint density at radius 1 is 1.12 bits per heavy atom. The highest BCUT2D eigenvalue weighted by atomic mass is 16.5. The van der Waals surface area contributed by atoms with Crippen LogP contribution in [0.4, 0.5) is 0 Å². The van der Waals surface area contributed by atoms with Crippen molar-refractivity contribution in [2.24, 2.45) is 0 Å². The first-order valence-corrected chi connectivity index (χ1v) is 9.15. The number of nitrogens with zero attached hydrogens (tertiary/aromatic N) is 3. The summed E-state index contributed by atoms with van der Waals surface area (Å²) < 4.78 is 16.3. The van der Waals surface area contributed by atoms with Crippen LogP contribution in [0.2, 0.25) is 0 Å². The van der Waals surface area contributed by atoms with Crippen LogP contribution in [0, 0.1) is 0 Å². The van der Waals surface area contributed by atoms with Gasteiger partial charge < -0.3 is 19.1 Å². The molecule has 24 heavy (non-hydrogen) atoms. The number of ether oxygens (including phenoxy) is 3. The van der Waals surface area contributed by atoms with Crippen molar-refractivity contribution in [2.75, 3.05) is 72.9 Å². The van der Waals surface area contributed by atoms with Crippen molar-refractivity contribution in [3.63, 3.8) is 0 Å². The molecule has 4 aliphatic rings. The molecule has 0 bridgehead atoms. The minimum atomic E-state index is 0.103. The fourth-order valence-corrected chi connectivity index (χ4v) is 4.90. The highest BCUT2D eigenvalue weighted by Gasteiger charge is 2.55. The fraction of sp³-hybridized carbons (Fsp3) is 0.941. The van der Waals surface area contributed by atoms with Gasteiger partial charge in [0, 0.05) is 59.1 Å². The Morgan fingerprint density at radius 2 is 1.92 bits per heavy atom. The molecule has 7 nitrogen and oxygen atoms in total. The van der Waals surface area contributed by atoms with Crippen LogP contribution in [0.3, 0.4) is 0 Å². The summed E-state index contributed by atoms with van der Waals surface area (Å²) >= 11 is 0. The standard InChI is InChI=1S/C17H29N3O4/c1-22-10-16(21)18-8-15-9-24-7-4-20(15)17(11-18)12-19(13-17)14-2-5-23-6-3-14/h14-15H,2-13H2,1H3/t15-/m1/s1. The van der Waals surface area contributed by atoms with Gasteiger partial charge in [-0.15, -0.1) is 0 Å². The van der Waals surface area contributed by atoms with Gasteiger partial charge in [0.1, 0.15) is 6.61 Å². The molecule has 4 fully saturated rings. The fourth-order valence-electron chi connectivity index (χ4n) is 4.90. The Hall–Kier alpha value is -0.730. The molecule has 0 unspecified atom stereocenters. The molecule has 1 amide bonds. The molecule has 0 radical (unpaired) electrons. The lowest BCUT2D eigenvalue weighted by molar-refractivity contribution is -0.185. The van der Waals surface area contributed by atoms with E-state index in [-0.39, 0.29) is 18.1 Å². The highest BCUT2D eigenvalue weighted by molar-refractivity contribution is 5.77. The number of hydrogen-bond donors (Lipinski definition) is 0. The van der Waals surface area contributed by atoms with Gasteiger partial charge in [-0.25, -0.2) is 0 Å². The van der Waals surface area contributed by atoms with E-state index in [1.807, 2.05) is 4.90 Å². The molecule has 0 aromatic rings. The topological polar surface area (TPSA) is 54.5 Å². The van der Waals surface area contributed by atoms with E-state index in [4.69, 9.17) is 14.2 Å². The van der Waals surface area contributed by atoms with Crippen LogP contribution >= 0.6 is 0 Å². The number of likely N-dealkylation sites (tertiary alicyclic amines) is 1. The van der Waals surface area contributed by atoms with E-state index in [1.165, 1.54) is 0 Å². The van der Waals surface area contributed by atoms with E-state index in [9.17, 15) is 4.79 Å². The highest BCUT2D eigenvalue weighted by Crippen LogP contribution is 2.38. The predicted molar refractivity (Wildman–Crippen MR) is 87.9 cm³/mol. The summed E-state index contributed by atoms with van der Waals surface area (Å²) in [4.78, 5) is 19.6. The first-order chi connectivity index (χ1) is 11.7. The Labute approximate surface area is 143 Å². The molecule has 136 valence electrons. The minimum Gasteiger partial charge on any atom is -0.381 e. The summed E-state index contributed by atoms with van der Waals surface area (Å²) in [5, 5.41) is 0. The second kappa shape index (κ2) is 6.88. The maximum absolute atomic E-state index is 12.4. The van der Waals surface area contributed by atoms with Gasteiger partial charge in [-0.1, -0.05) is 0 Å². The molecule has 4 saturated heterocycles. The van der Waals surface area contributed by atoms with Gasteiger partial charge in [-0.05, 0) is 12.8 Å². The third-order valence-electron chi connectivity index (χ3n) is 6.08. The SMILES string of the molecule is COCC(=O)N1C[C@@H]2COCCN2C2(C1)CN(C1CCOCC1)C2. The number of amides is 1. The molecule has 4 heterocycles. The van der Waals surface area contributed by atoms with E-state index < -0.39 is 0 Å². The van der Waals surface area contributed by atoms with Crippen LogP contribution < -0.4 is 0 Å². The lowest BCUT2D eigenvalue weighted by atomic mass is 9.80. The number of piperazine rings is 1. The predicted octanol–water partition coefficient (Wildman–Crippen LogP) is -0.591. The summed E-state index contributed by atoms with van der Waals surface area (Å²) in [6.45, 7) is 8.17. The van der Waals surface area contributed by atoms with Gasteiger partial charge in [-0.3, -0.25) is 14.6 Å². The summed E-state index contributed by atoms with van der Waals surface area (Å²) in [6, 6.07) is 0.971. The zero-order valence-electron chi connectivity index (χ0n) is 14.6. The van der Waals surface area contributed by atoms with Crippen LogP contribution in [-0.4, -0.2) is 111 Å². The Balaban J connectivity index is 1.46. The van der Waals surface area contributed by atoms with Gasteiger partial charge >= 0.3 is 0 Å². The van der Waals surface area contributed by atoms with E-state index in [2.05, 4.69) is 9.80 Å². The normalized spacial score (nSPS) is 31.7. The molecule has 4 aliphatic heterocycles.